The highest BCUT2D eigenvalue weighted by Crippen LogP contribution is 2.35. The van der Waals surface area contributed by atoms with E-state index in [0.29, 0.717) is 39.8 Å². The van der Waals surface area contributed by atoms with Gasteiger partial charge in [-0.1, -0.05) is 10.3 Å². The molecule has 5 rings (SSSR count). The minimum absolute atomic E-state index is 0.0648. The third-order valence-electron chi connectivity index (χ3n) is 3.96. The molecule has 10 heteroatoms. The summed E-state index contributed by atoms with van der Waals surface area (Å²) in [5.41, 5.74) is 1.06. The van der Waals surface area contributed by atoms with Gasteiger partial charge in [0.15, 0.2) is 17.3 Å². The summed E-state index contributed by atoms with van der Waals surface area (Å²) in [5.74, 6) is 1.55. The molecule has 1 aliphatic heterocycles. The van der Waals surface area contributed by atoms with E-state index in [-0.39, 0.29) is 19.1 Å². The molecule has 1 N–H and O–H groups in total. The minimum atomic E-state index is -0.445. The predicted octanol–water partition coefficient (Wildman–Crippen LogP) is 1.93. The van der Waals surface area contributed by atoms with E-state index >= 15 is 0 Å². The number of carbonyl (C=O) groups is 1. The van der Waals surface area contributed by atoms with Crippen molar-refractivity contribution in [3.8, 4) is 23.0 Å². The Morgan fingerprint density at radius 3 is 3.00 bits per heavy atom. The minimum Gasteiger partial charge on any atom is -0.454 e. The summed E-state index contributed by atoms with van der Waals surface area (Å²) in [4.78, 5) is 20.6. The van der Waals surface area contributed by atoms with Crippen molar-refractivity contribution in [1.29, 1.82) is 0 Å². The van der Waals surface area contributed by atoms with Crippen LogP contribution in [0, 0.1) is 0 Å². The van der Waals surface area contributed by atoms with Crippen molar-refractivity contribution in [2.24, 2.45) is 0 Å². The number of aromatic nitrogens is 4. The van der Waals surface area contributed by atoms with Gasteiger partial charge in [0.25, 0.3) is 11.8 Å². The lowest BCUT2D eigenvalue weighted by Gasteiger charge is -1.98. The third kappa shape index (κ3) is 2.72. The first-order valence-electron chi connectivity index (χ1n) is 7.99. The second kappa shape index (κ2) is 6.09. The summed E-state index contributed by atoms with van der Waals surface area (Å²) in [6.07, 6.45) is 1.57. The van der Waals surface area contributed by atoms with Gasteiger partial charge >= 0.3 is 0 Å². The molecular formula is C17H11N5O5. The van der Waals surface area contributed by atoms with Gasteiger partial charge in [0.1, 0.15) is 0 Å². The molecule has 0 saturated carbocycles. The Kier molecular flexibility index (Phi) is 3.46. The molecule has 1 amide bonds. The number of carbonyl (C=O) groups excluding carboxylic acids is 1. The molecule has 0 saturated heterocycles. The lowest BCUT2D eigenvalue weighted by atomic mass is 10.2. The van der Waals surface area contributed by atoms with Gasteiger partial charge in [0.05, 0.1) is 11.9 Å². The average molecular weight is 365 g/mol. The zero-order chi connectivity index (χ0) is 18.2. The highest BCUT2D eigenvalue weighted by Gasteiger charge is 2.19. The van der Waals surface area contributed by atoms with Gasteiger partial charge < -0.3 is 23.8 Å². The summed E-state index contributed by atoms with van der Waals surface area (Å²) in [6, 6.07) is 8.72. The Hall–Kier alpha value is -3.95. The molecule has 0 radical (unpaired) electrons. The molecule has 4 heterocycles. The van der Waals surface area contributed by atoms with Gasteiger partial charge in [-0.05, 0) is 30.3 Å². The van der Waals surface area contributed by atoms with Crippen LogP contribution in [0.4, 0.5) is 0 Å². The Labute approximate surface area is 151 Å². The predicted molar refractivity (Wildman–Crippen MR) is 88.8 cm³/mol. The Morgan fingerprint density at radius 2 is 2.04 bits per heavy atom. The Bertz CT molecular complexity index is 1150. The molecule has 134 valence electrons. The Balaban J connectivity index is 1.30. The average Bonchev–Trinajstić information content (AvgIpc) is 3.44. The Morgan fingerprint density at radius 1 is 1.11 bits per heavy atom. The second-order valence-electron chi connectivity index (χ2n) is 5.65. The molecule has 3 aromatic heterocycles. The van der Waals surface area contributed by atoms with E-state index in [2.05, 4.69) is 25.6 Å². The van der Waals surface area contributed by atoms with Crippen LogP contribution in [0.15, 0.2) is 45.6 Å². The number of benzene rings is 1. The van der Waals surface area contributed by atoms with E-state index in [1.807, 2.05) is 0 Å². The SMILES string of the molecule is O=C(NCc1noc(-c2ccc3c(c2)OCO3)n1)c1onc2ncccc12. The van der Waals surface area contributed by atoms with Crippen molar-refractivity contribution >= 4 is 16.9 Å². The van der Waals surface area contributed by atoms with Gasteiger partial charge in [0.2, 0.25) is 18.2 Å². The number of hydrogen-bond donors (Lipinski definition) is 1. The molecule has 1 aliphatic rings. The van der Waals surface area contributed by atoms with Gasteiger partial charge in [-0.2, -0.15) is 4.98 Å². The van der Waals surface area contributed by atoms with Crippen molar-refractivity contribution in [2.75, 3.05) is 6.79 Å². The quantitative estimate of drug-likeness (QED) is 0.577. The number of nitrogens with one attached hydrogen (secondary N) is 1. The number of nitrogens with zero attached hydrogens (tertiary/aromatic N) is 4. The third-order valence-corrected chi connectivity index (χ3v) is 3.96. The smallest absolute Gasteiger partial charge is 0.291 e. The maximum absolute atomic E-state index is 12.3. The molecule has 0 fully saturated rings. The molecule has 27 heavy (non-hydrogen) atoms. The van der Waals surface area contributed by atoms with E-state index in [1.165, 1.54) is 0 Å². The van der Waals surface area contributed by atoms with Crippen LogP contribution in [-0.4, -0.2) is 33.0 Å². The molecule has 0 unspecified atom stereocenters. The summed E-state index contributed by atoms with van der Waals surface area (Å²) in [5, 5.41) is 10.8. The van der Waals surface area contributed by atoms with Crippen LogP contribution >= 0.6 is 0 Å². The largest absolute Gasteiger partial charge is 0.454 e. The highest BCUT2D eigenvalue weighted by molar-refractivity contribution is 6.02. The van der Waals surface area contributed by atoms with Crippen molar-refractivity contribution in [2.45, 2.75) is 6.54 Å². The van der Waals surface area contributed by atoms with E-state index in [1.54, 1.807) is 36.5 Å². The van der Waals surface area contributed by atoms with E-state index in [0.717, 1.165) is 0 Å². The topological polar surface area (TPSA) is 125 Å². The lowest BCUT2D eigenvalue weighted by molar-refractivity contribution is 0.0915. The molecule has 0 spiro atoms. The normalized spacial score (nSPS) is 12.4. The highest BCUT2D eigenvalue weighted by atomic mass is 16.7. The van der Waals surface area contributed by atoms with Crippen LogP contribution in [0.3, 0.4) is 0 Å². The number of fused-ring (bicyclic) bond motifs is 2. The van der Waals surface area contributed by atoms with Gasteiger partial charge in [-0.15, -0.1) is 0 Å². The molecular weight excluding hydrogens is 354 g/mol. The van der Waals surface area contributed by atoms with E-state index in [9.17, 15) is 4.79 Å². The van der Waals surface area contributed by atoms with Crippen molar-refractivity contribution < 1.29 is 23.3 Å². The van der Waals surface area contributed by atoms with Crippen molar-refractivity contribution in [3.05, 3.63) is 48.1 Å². The fourth-order valence-corrected chi connectivity index (χ4v) is 2.66. The first kappa shape index (κ1) is 15.3. The number of pyridine rings is 1. The maximum atomic E-state index is 12.3. The standard InChI is InChI=1S/C17H11N5O5/c23-16(14-10-2-1-5-18-15(10)22-26-14)19-7-13-20-17(27-21-13)9-3-4-11-12(6-9)25-8-24-11/h1-6H,7-8H2,(H,19,23). The van der Waals surface area contributed by atoms with Crippen LogP contribution < -0.4 is 14.8 Å². The van der Waals surface area contributed by atoms with Crippen LogP contribution in [-0.2, 0) is 6.54 Å². The number of rotatable bonds is 4. The summed E-state index contributed by atoms with van der Waals surface area (Å²) < 4.78 is 20.9. The zero-order valence-electron chi connectivity index (χ0n) is 13.7. The fourth-order valence-electron chi connectivity index (χ4n) is 2.66. The van der Waals surface area contributed by atoms with Crippen LogP contribution in [0.1, 0.15) is 16.4 Å². The molecule has 10 nitrogen and oxygen atoms in total. The monoisotopic (exact) mass is 365 g/mol. The first-order valence-corrected chi connectivity index (χ1v) is 7.99. The van der Waals surface area contributed by atoms with Gasteiger partial charge in [0, 0.05) is 11.8 Å². The molecule has 0 atom stereocenters. The number of hydrogen-bond acceptors (Lipinski definition) is 9. The van der Waals surface area contributed by atoms with E-state index < -0.39 is 5.91 Å². The lowest BCUT2D eigenvalue weighted by Crippen LogP contribution is -2.23. The van der Waals surface area contributed by atoms with E-state index in [4.69, 9.17) is 18.5 Å². The van der Waals surface area contributed by atoms with Crippen molar-refractivity contribution in [3.63, 3.8) is 0 Å². The molecule has 4 aromatic rings. The van der Waals surface area contributed by atoms with Gasteiger partial charge in [-0.25, -0.2) is 4.98 Å². The number of ether oxygens (including phenoxy) is 2. The molecule has 0 aliphatic carbocycles. The van der Waals surface area contributed by atoms with Crippen molar-refractivity contribution in [1.82, 2.24) is 25.6 Å². The summed E-state index contributed by atoms with van der Waals surface area (Å²) >= 11 is 0. The zero-order valence-corrected chi connectivity index (χ0v) is 13.7. The van der Waals surface area contributed by atoms with Gasteiger partial charge in [-0.3, -0.25) is 4.79 Å². The van der Waals surface area contributed by atoms with Crippen LogP contribution in [0.25, 0.3) is 22.5 Å². The maximum Gasteiger partial charge on any atom is 0.291 e. The first-order chi connectivity index (χ1) is 13.3. The van der Waals surface area contributed by atoms with Crippen LogP contribution in [0.2, 0.25) is 0 Å². The molecule has 1 aromatic carbocycles. The fraction of sp³-hybridized carbons (Fsp3) is 0.118. The second-order valence-corrected chi connectivity index (χ2v) is 5.65. The molecule has 0 bridgehead atoms. The number of amides is 1. The van der Waals surface area contributed by atoms with Crippen LogP contribution in [0.5, 0.6) is 11.5 Å². The summed E-state index contributed by atoms with van der Waals surface area (Å²) in [7, 11) is 0. The summed E-state index contributed by atoms with van der Waals surface area (Å²) in [6.45, 7) is 0.251.